The maximum Gasteiger partial charge on any atom is 0.242 e. The lowest BCUT2D eigenvalue weighted by atomic mass is 10.0. The van der Waals surface area contributed by atoms with Gasteiger partial charge in [0, 0.05) is 12.1 Å². The molecule has 0 aromatic heterocycles. The van der Waals surface area contributed by atoms with E-state index >= 15 is 0 Å². The molecule has 7 heteroatoms. The zero-order valence-corrected chi connectivity index (χ0v) is 14.2. The molecule has 0 spiro atoms. The number of hydrogen-bond donors (Lipinski definition) is 4. The van der Waals surface area contributed by atoms with Gasteiger partial charge in [0.15, 0.2) is 0 Å². The smallest absolute Gasteiger partial charge is 0.242 e. The third kappa shape index (κ3) is 4.75. The Labute approximate surface area is 141 Å². The second-order valence-corrected chi connectivity index (χ2v) is 6.23. The van der Waals surface area contributed by atoms with E-state index in [2.05, 4.69) is 21.5 Å². The molecule has 1 saturated heterocycles. The lowest BCUT2D eigenvalue weighted by Gasteiger charge is -2.19. The minimum atomic E-state index is -0.599. The Kier molecular flexibility index (Phi) is 6.28. The summed E-state index contributed by atoms with van der Waals surface area (Å²) in [6.07, 6.45) is 1.36. The molecule has 1 fully saturated rings. The molecule has 1 aromatic carbocycles. The third-order valence-corrected chi connectivity index (χ3v) is 4.25. The van der Waals surface area contributed by atoms with Gasteiger partial charge in [0.25, 0.3) is 0 Å². The molecule has 1 aromatic rings. The highest BCUT2D eigenvalue weighted by atomic mass is 19.1. The molecule has 1 heterocycles. The highest BCUT2D eigenvalue weighted by Crippen LogP contribution is 2.22. The fourth-order valence-electron chi connectivity index (χ4n) is 2.49. The van der Waals surface area contributed by atoms with E-state index in [0.717, 1.165) is 12.0 Å². The maximum absolute atomic E-state index is 13.0. The fraction of sp³-hybridized carbons (Fsp3) is 0.529. The summed E-state index contributed by atoms with van der Waals surface area (Å²) in [5.41, 5.74) is 6.87. The van der Waals surface area contributed by atoms with Gasteiger partial charge in [0.2, 0.25) is 11.8 Å². The zero-order chi connectivity index (χ0) is 17.7. The Morgan fingerprint density at radius 2 is 1.88 bits per heavy atom. The minimum Gasteiger partial charge on any atom is -0.352 e. The Morgan fingerprint density at radius 1 is 1.21 bits per heavy atom. The SMILES string of the molecule is CCC(C)NC(=O)C(C)NC(=O)C1CC(c2ccc(F)cc2)NN1. The first-order chi connectivity index (χ1) is 11.4. The summed E-state index contributed by atoms with van der Waals surface area (Å²) in [6.45, 7) is 5.57. The van der Waals surface area contributed by atoms with Crippen molar-refractivity contribution in [3.63, 3.8) is 0 Å². The molecule has 24 heavy (non-hydrogen) atoms. The van der Waals surface area contributed by atoms with Gasteiger partial charge in [0.1, 0.15) is 17.9 Å². The molecule has 6 nitrogen and oxygen atoms in total. The van der Waals surface area contributed by atoms with Crippen molar-refractivity contribution in [3.8, 4) is 0 Å². The molecule has 0 bridgehead atoms. The monoisotopic (exact) mass is 336 g/mol. The number of rotatable bonds is 6. The highest BCUT2D eigenvalue weighted by molar-refractivity contribution is 5.89. The van der Waals surface area contributed by atoms with E-state index in [1.807, 2.05) is 13.8 Å². The van der Waals surface area contributed by atoms with E-state index in [9.17, 15) is 14.0 Å². The molecule has 2 rings (SSSR count). The summed E-state index contributed by atoms with van der Waals surface area (Å²) in [7, 11) is 0. The standard InChI is InChI=1S/C17H25FN4O2/c1-4-10(2)19-16(23)11(3)20-17(24)15-9-14(21-22-15)12-5-7-13(18)8-6-12/h5-8,10-11,14-15,21-22H,4,9H2,1-3H3,(H,19,23)(H,20,24). The lowest BCUT2D eigenvalue weighted by molar-refractivity contribution is -0.129. The molecule has 0 aliphatic carbocycles. The van der Waals surface area contributed by atoms with Crippen LogP contribution in [0.2, 0.25) is 0 Å². The van der Waals surface area contributed by atoms with Crippen LogP contribution in [-0.2, 0) is 9.59 Å². The van der Waals surface area contributed by atoms with E-state index < -0.39 is 12.1 Å². The Hall–Kier alpha value is -1.99. The summed E-state index contributed by atoms with van der Waals surface area (Å²) in [5.74, 6) is -0.724. The van der Waals surface area contributed by atoms with Gasteiger partial charge < -0.3 is 10.6 Å². The first-order valence-electron chi connectivity index (χ1n) is 8.28. The number of hydrogen-bond acceptors (Lipinski definition) is 4. The average Bonchev–Trinajstić information content (AvgIpc) is 3.05. The molecule has 132 valence electrons. The number of carbonyl (C=O) groups is 2. The predicted octanol–water partition coefficient (Wildman–Crippen LogP) is 1.15. The zero-order valence-electron chi connectivity index (χ0n) is 14.2. The molecule has 2 amide bonds. The van der Waals surface area contributed by atoms with Crippen LogP contribution in [0, 0.1) is 5.82 Å². The highest BCUT2D eigenvalue weighted by Gasteiger charge is 2.31. The van der Waals surface area contributed by atoms with Crippen molar-refractivity contribution in [1.82, 2.24) is 21.5 Å². The summed E-state index contributed by atoms with van der Waals surface area (Å²) in [6, 6.07) is 5.12. The molecule has 4 unspecified atom stereocenters. The van der Waals surface area contributed by atoms with E-state index in [0.29, 0.717) is 6.42 Å². The summed E-state index contributed by atoms with van der Waals surface area (Å²) in [5, 5.41) is 5.56. The van der Waals surface area contributed by atoms with Gasteiger partial charge in [-0.05, 0) is 44.4 Å². The second kappa shape index (κ2) is 8.21. The van der Waals surface area contributed by atoms with Crippen molar-refractivity contribution >= 4 is 11.8 Å². The predicted molar refractivity (Wildman–Crippen MR) is 89.3 cm³/mol. The van der Waals surface area contributed by atoms with Gasteiger partial charge >= 0.3 is 0 Å². The quantitative estimate of drug-likeness (QED) is 0.628. The molecular weight excluding hydrogens is 311 g/mol. The average molecular weight is 336 g/mol. The lowest BCUT2D eigenvalue weighted by Crippen LogP contribution is -2.52. The molecule has 1 aliphatic heterocycles. The van der Waals surface area contributed by atoms with Gasteiger partial charge in [-0.25, -0.2) is 15.2 Å². The molecule has 4 atom stereocenters. The van der Waals surface area contributed by atoms with Gasteiger partial charge in [-0.15, -0.1) is 0 Å². The van der Waals surface area contributed by atoms with Crippen LogP contribution in [0.25, 0.3) is 0 Å². The summed E-state index contributed by atoms with van der Waals surface area (Å²) in [4.78, 5) is 24.3. The normalized spacial score (nSPS) is 22.7. The number of hydrazine groups is 1. The Bertz CT molecular complexity index is 578. The Morgan fingerprint density at radius 3 is 2.50 bits per heavy atom. The van der Waals surface area contributed by atoms with E-state index in [-0.39, 0.29) is 29.7 Å². The topological polar surface area (TPSA) is 82.3 Å². The number of carbonyl (C=O) groups excluding carboxylic acids is 2. The summed E-state index contributed by atoms with van der Waals surface area (Å²) >= 11 is 0. The van der Waals surface area contributed by atoms with Crippen LogP contribution in [0.1, 0.15) is 45.2 Å². The third-order valence-electron chi connectivity index (χ3n) is 4.25. The fourth-order valence-corrected chi connectivity index (χ4v) is 2.49. The maximum atomic E-state index is 13.0. The van der Waals surface area contributed by atoms with Crippen molar-refractivity contribution in [2.75, 3.05) is 0 Å². The van der Waals surface area contributed by atoms with Crippen LogP contribution in [0.15, 0.2) is 24.3 Å². The van der Waals surface area contributed by atoms with Gasteiger partial charge in [0.05, 0.1) is 0 Å². The van der Waals surface area contributed by atoms with Crippen molar-refractivity contribution in [1.29, 1.82) is 0 Å². The first-order valence-corrected chi connectivity index (χ1v) is 8.28. The molecule has 0 radical (unpaired) electrons. The van der Waals surface area contributed by atoms with Crippen molar-refractivity contribution in [2.24, 2.45) is 0 Å². The van der Waals surface area contributed by atoms with E-state index in [4.69, 9.17) is 0 Å². The largest absolute Gasteiger partial charge is 0.352 e. The minimum absolute atomic E-state index is 0.0750. The molecule has 1 aliphatic rings. The number of halogens is 1. The van der Waals surface area contributed by atoms with Crippen LogP contribution in [-0.4, -0.2) is 29.9 Å². The van der Waals surface area contributed by atoms with Gasteiger partial charge in [-0.2, -0.15) is 0 Å². The molecular formula is C17H25FN4O2. The van der Waals surface area contributed by atoms with E-state index in [1.54, 1.807) is 19.1 Å². The van der Waals surface area contributed by atoms with Crippen LogP contribution < -0.4 is 21.5 Å². The van der Waals surface area contributed by atoms with Crippen LogP contribution >= 0.6 is 0 Å². The van der Waals surface area contributed by atoms with Crippen molar-refractivity contribution < 1.29 is 14.0 Å². The molecule has 0 saturated carbocycles. The van der Waals surface area contributed by atoms with Crippen LogP contribution in [0.4, 0.5) is 4.39 Å². The first kappa shape index (κ1) is 18.4. The second-order valence-electron chi connectivity index (χ2n) is 6.23. The van der Waals surface area contributed by atoms with Crippen LogP contribution in [0.3, 0.4) is 0 Å². The summed E-state index contributed by atoms with van der Waals surface area (Å²) < 4.78 is 13.0. The molecule has 4 N–H and O–H groups in total. The number of amides is 2. The van der Waals surface area contributed by atoms with Crippen LogP contribution in [0.5, 0.6) is 0 Å². The van der Waals surface area contributed by atoms with Gasteiger partial charge in [-0.1, -0.05) is 19.1 Å². The van der Waals surface area contributed by atoms with Crippen molar-refractivity contribution in [3.05, 3.63) is 35.6 Å². The van der Waals surface area contributed by atoms with Crippen molar-refractivity contribution in [2.45, 2.75) is 57.8 Å². The van der Waals surface area contributed by atoms with E-state index in [1.165, 1.54) is 12.1 Å². The number of benzene rings is 1. The Balaban J connectivity index is 1.85. The number of nitrogens with one attached hydrogen (secondary N) is 4. The van der Waals surface area contributed by atoms with Gasteiger partial charge in [-0.3, -0.25) is 9.59 Å².